The minimum Gasteiger partial charge on any atom is -0.445 e. The fourth-order valence-electron chi connectivity index (χ4n) is 4.25. The summed E-state index contributed by atoms with van der Waals surface area (Å²) in [6.07, 6.45) is 3.99. The van der Waals surface area contributed by atoms with E-state index in [0.29, 0.717) is 31.7 Å². The van der Waals surface area contributed by atoms with Crippen LogP contribution < -0.4 is 4.90 Å². The number of rotatable bonds is 2. The zero-order valence-corrected chi connectivity index (χ0v) is 17.1. The van der Waals surface area contributed by atoms with E-state index in [1.165, 1.54) is 6.33 Å². The first-order valence-electron chi connectivity index (χ1n) is 9.94. The Bertz CT molecular complexity index is 915. The lowest BCUT2D eigenvalue weighted by molar-refractivity contribution is -0.125. The molecule has 2 aliphatic heterocycles. The van der Waals surface area contributed by atoms with Crippen molar-refractivity contribution in [2.45, 2.75) is 51.2 Å². The molecule has 0 saturated carbocycles. The van der Waals surface area contributed by atoms with Gasteiger partial charge in [-0.15, -0.1) is 0 Å². The molecule has 0 aliphatic carbocycles. The maximum absolute atomic E-state index is 13.5. The summed E-state index contributed by atoms with van der Waals surface area (Å²) in [6.45, 7) is 7.19. The number of ether oxygens (including phenoxy) is 1. The molecule has 2 aliphatic rings. The van der Waals surface area contributed by atoms with Gasteiger partial charge < -0.3 is 9.64 Å². The number of aromatic nitrogens is 2. The number of carbonyl (C=O) groups excluding carboxylic acids is 2. The number of hydrogen-bond acceptors (Lipinski definition) is 5. The van der Waals surface area contributed by atoms with Crippen LogP contribution in [0.25, 0.3) is 0 Å². The summed E-state index contributed by atoms with van der Waals surface area (Å²) in [5, 5.41) is 0. The maximum Gasteiger partial charge on any atom is 0.410 e. The van der Waals surface area contributed by atoms with Crippen LogP contribution in [0.2, 0.25) is 0 Å². The molecule has 0 atom stereocenters. The first-order chi connectivity index (χ1) is 13.8. The number of amides is 2. The average Bonchev–Trinajstić information content (AvgIpc) is 2.96. The van der Waals surface area contributed by atoms with E-state index in [0.717, 1.165) is 11.1 Å². The third kappa shape index (κ3) is 3.34. The maximum atomic E-state index is 13.5. The Morgan fingerprint density at radius 1 is 1.17 bits per heavy atom. The van der Waals surface area contributed by atoms with Gasteiger partial charge in [0.15, 0.2) is 0 Å². The molecule has 1 spiro atoms. The molecule has 1 fully saturated rings. The van der Waals surface area contributed by atoms with Gasteiger partial charge in [0.2, 0.25) is 5.91 Å². The Kier molecular flexibility index (Phi) is 4.76. The van der Waals surface area contributed by atoms with Gasteiger partial charge >= 0.3 is 6.09 Å². The number of hydrogen-bond donors (Lipinski definition) is 0. The van der Waals surface area contributed by atoms with E-state index in [1.54, 1.807) is 16.0 Å². The van der Waals surface area contributed by atoms with E-state index in [4.69, 9.17) is 4.74 Å². The van der Waals surface area contributed by atoms with E-state index in [-0.39, 0.29) is 24.1 Å². The lowest BCUT2D eigenvalue weighted by atomic mass is 9.74. The van der Waals surface area contributed by atoms with Crippen LogP contribution in [-0.2, 0) is 21.6 Å². The first-order valence-corrected chi connectivity index (χ1v) is 9.94. The molecule has 0 bridgehead atoms. The number of nitrogens with zero attached hydrogens (tertiary/aromatic N) is 4. The zero-order chi connectivity index (χ0) is 20.6. The highest BCUT2D eigenvalue weighted by atomic mass is 16.6. The van der Waals surface area contributed by atoms with E-state index in [1.807, 2.05) is 51.1 Å². The van der Waals surface area contributed by atoms with Gasteiger partial charge in [0.05, 0.1) is 5.41 Å². The van der Waals surface area contributed by atoms with E-state index < -0.39 is 5.41 Å². The zero-order valence-electron chi connectivity index (χ0n) is 17.1. The molecular formula is C22H26N4O3. The fourth-order valence-corrected chi connectivity index (χ4v) is 4.25. The number of anilines is 1. The van der Waals surface area contributed by atoms with Crippen LogP contribution in [0, 0.1) is 0 Å². The first kappa shape index (κ1) is 19.4. The molecule has 1 aromatic heterocycles. The molecule has 0 unspecified atom stereocenters. The van der Waals surface area contributed by atoms with Crippen molar-refractivity contribution in [3.63, 3.8) is 0 Å². The number of likely N-dealkylation sites (tertiary alicyclic amines) is 1. The van der Waals surface area contributed by atoms with E-state index in [9.17, 15) is 9.59 Å². The summed E-state index contributed by atoms with van der Waals surface area (Å²) >= 11 is 0. The number of fused-ring (bicyclic) bond motifs is 2. The Morgan fingerprint density at radius 3 is 2.52 bits per heavy atom. The Labute approximate surface area is 170 Å². The molecule has 2 amide bonds. The summed E-state index contributed by atoms with van der Waals surface area (Å²) in [5.41, 5.74) is 0.777. The lowest BCUT2D eigenvalue weighted by Gasteiger charge is -2.39. The highest BCUT2D eigenvalue weighted by Crippen LogP contribution is 2.48. The van der Waals surface area contributed by atoms with Crippen molar-refractivity contribution in [2.24, 2.45) is 0 Å². The van der Waals surface area contributed by atoms with E-state index >= 15 is 0 Å². The molecule has 3 heterocycles. The van der Waals surface area contributed by atoms with Crippen molar-refractivity contribution in [1.82, 2.24) is 14.9 Å². The monoisotopic (exact) mass is 394 g/mol. The minimum atomic E-state index is -0.667. The quantitative estimate of drug-likeness (QED) is 0.781. The van der Waals surface area contributed by atoms with Crippen LogP contribution >= 0.6 is 0 Å². The standard InChI is InChI=1S/C22H26N4O3/c1-21(2,3)26-18-17(13-23-15-24-18)22(19(26)27)9-11-25(12-10-22)20(28)29-14-16-7-5-4-6-8-16/h4-8,13,15H,9-12,14H2,1-3H3. The average molecular weight is 394 g/mol. The van der Waals surface area contributed by atoms with Crippen LogP contribution in [0.3, 0.4) is 0 Å². The summed E-state index contributed by atoms with van der Waals surface area (Å²) in [4.78, 5) is 38.1. The van der Waals surface area contributed by atoms with Crippen LogP contribution in [0.1, 0.15) is 44.7 Å². The summed E-state index contributed by atoms with van der Waals surface area (Å²) in [5.74, 6) is 0.746. The van der Waals surface area contributed by atoms with Gasteiger partial charge in [-0.1, -0.05) is 30.3 Å². The van der Waals surface area contributed by atoms with Crippen molar-refractivity contribution in [3.05, 3.63) is 54.0 Å². The van der Waals surface area contributed by atoms with Gasteiger partial charge in [0, 0.05) is 30.4 Å². The van der Waals surface area contributed by atoms with Crippen LogP contribution in [0.5, 0.6) is 0 Å². The second kappa shape index (κ2) is 7.13. The van der Waals surface area contributed by atoms with Gasteiger partial charge in [-0.3, -0.25) is 9.69 Å². The molecule has 29 heavy (non-hydrogen) atoms. The summed E-state index contributed by atoms with van der Waals surface area (Å²) in [7, 11) is 0. The molecule has 152 valence electrons. The van der Waals surface area contributed by atoms with Gasteiger partial charge in [-0.25, -0.2) is 14.8 Å². The summed E-state index contributed by atoms with van der Waals surface area (Å²) in [6, 6.07) is 9.61. The molecule has 7 heteroatoms. The number of carbonyl (C=O) groups is 2. The van der Waals surface area contributed by atoms with Crippen molar-refractivity contribution >= 4 is 17.8 Å². The second-order valence-electron chi connectivity index (χ2n) is 8.68. The largest absolute Gasteiger partial charge is 0.445 e. The number of piperidine rings is 1. The van der Waals surface area contributed by atoms with Crippen molar-refractivity contribution in [1.29, 1.82) is 0 Å². The molecule has 0 radical (unpaired) electrons. The molecule has 1 aromatic carbocycles. The highest BCUT2D eigenvalue weighted by molar-refractivity contribution is 6.08. The minimum absolute atomic E-state index is 0.0535. The second-order valence-corrected chi connectivity index (χ2v) is 8.68. The predicted molar refractivity (Wildman–Crippen MR) is 108 cm³/mol. The Balaban J connectivity index is 1.48. The predicted octanol–water partition coefficient (Wildman–Crippen LogP) is 3.29. The molecule has 0 N–H and O–H groups in total. The lowest BCUT2D eigenvalue weighted by Crippen LogP contribution is -2.53. The van der Waals surface area contributed by atoms with Crippen molar-refractivity contribution < 1.29 is 14.3 Å². The van der Waals surface area contributed by atoms with Crippen molar-refractivity contribution in [2.75, 3.05) is 18.0 Å². The Hall–Kier alpha value is -2.96. The number of benzene rings is 1. The van der Waals surface area contributed by atoms with Crippen molar-refractivity contribution in [3.8, 4) is 0 Å². The Morgan fingerprint density at radius 2 is 1.86 bits per heavy atom. The van der Waals surface area contributed by atoms with Crippen LogP contribution in [0.15, 0.2) is 42.9 Å². The molecule has 2 aromatic rings. The topological polar surface area (TPSA) is 75.6 Å². The highest BCUT2D eigenvalue weighted by Gasteiger charge is 2.55. The van der Waals surface area contributed by atoms with Gasteiger partial charge in [0.25, 0.3) is 0 Å². The summed E-state index contributed by atoms with van der Waals surface area (Å²) < 4.78 is 5.46. The van der Waals surface area contributed by atoms with Crippen LogP contribution in [-0.4, -0.2) is 45.5 Å². The SMILES string of the molecule is CC(C)(C)N1C(=O)C2(CCN(C(=O)OCc3ccccc3)CC2)c2cncnc21. The van der Waals surface area contributed by atoms with Crippen LogP contribution in [0.4, 0.5) is 10.6 Å². The normalized spacial score (nSPS) is 18.1. The fraction of sp³-hybridized carbons (Fsp3) is 0.455. The molecule has 7 nitrogen and oxygen atoms in total. The molecule has 4 rings (SSSR count). The van der Waals surface area contributed by atoms with Gasteiger partial charge in [-0.05, 0) is 39.2 Å². The van der Waals surface area contributed by atoms with Gasteiger partial charge in [0.1, 0.15) is 18.8 Å². The van der Waals surface area contributed by atoms with E-state index in [2.05, 4.69) is 9.97 Å². The smallest absolute Gasteiger partial charge is 0.410 e. The van der Waals surface area contributed by atoms with Gasteiger partial charge in [-0.2, -0.15) is 0 Å². The third-order valence-electron chi connectivity index (χ3n) is 5.78. The molecular weight excluding hydrogens is 368 g/mol. The third-order valence-corrected chi connectivity index (χ3v) is 5.78. The molecule has 1 saturated heterocycles.